The fourth-order valence-electron chi connectivity index (χ4n) is 5.25. The minimum atomic E-state index is -0.692. The van der Waals surface area contributed by atoms with Gasteiger partial charge in [0.25, 0.3) is 0 Å². The van der Waals surface area contributed by atoms with Crippen LogP contribution >= 0.6 is 11.3 Å². The molecule has 1 saturated carbocycles. The average molecular weight is 513 g/mol. The molecule has 0 unspecified atom stereocenters. The first kappa shape index (κ1) is 25.3. The molecule has 2 aliphatic rings. The second-order valence-electron chi connectivity index (χ2n) is 10.7. The van der Waals surface area contributed by atoms with Crippen molar-refractivity contribution in [3.8, 4) is 10.6 Å². The third-order valence-electron chi connectivity index (χ3n) is 7.64. The maximum atomic E-state index is 10.6. The van der Waals surface area contributed by atoms with Gasteiger partial charge in [0, 0.05) is 38.9 Å². The Labute approximate surface area is 216 Å². The topological polar surface area (TPSA) is 114 Å². The number of nitrogens with one attached hydrogen (secondary N) is 2. The summed E-state index contributed by atoms with van der Waals surface area (Å²) >= 11 is 1.63. The standard InChI is InChI=1S/C26H36N6O3S/c1-15-20(23-31-21-16(2)27-10-8-19(21)36-23)22(30-18-7-6-17(12-18)25(3,4)33)32-24(29-15)28-13-26(34-5)9-11-35-14-26/h8,10,17-18,33H,6-7,9,11-14H2,1-5H3,(H2,28,29,30,32)/t17-,18+,26-/m1/s1. The first-order chi connectivity index (χ1) is 17.2. The number of ether oxygens (including phenoxy) is 2. The summed E-state index contributed by atoms with van der Waals surface area (Å²) in [5.74, 6) is 1.57. The van der Waals surface area contributed by atoms with Gasteiger partial charge in [0.2, 0.25) is 5.95 Å². The maximum Gasteiger partial charge on any atom is 0.225 e. The molecule has 3 N–H and O–H groups in total. The van der Waals surface area contributed by atoms with Gasteiger partial charge in [0.15, 0.2) is 0 Å². The lowest BCUT2D eigenvalue weighted by atomic mass is 9.89. The number of hydrogen-bond donors (Lipinski definition) is 3. The highest BCUT2D eigenvalue weighted by atomic mass is 32.1. The predicted molar refractivity (Wildman–Crippen MR) is 143 cm³/mol. The number of aromatic nitrogens is 4. The molecule has 3 aromatic rings. The molecule has 194 valence electrons. The van der Waals surface area contributed by atoms with E-state index in [0.29, 0.717) is 25.7 Å². The Morgan fingerprint density at radius 1 is 1.22 bits per heavy atom. The third kappa shape index (κ3) is 5.04. The highest BCUT2D eigenvalue weighted by Gasteiger charge is 2.36. The molecule has 0 radical (unpaired) electrons. The minimum Gasteiger partial charge on any atom is -0.390 e. The van der Waals surface area contributed by atoms with Crippen LogP contribution < -0.4 is 10.6 Å². The molecular formula is C26H36N6O3S. The Morgan fingerprint density at radius 3 is 2.72 bits per heavy atom. The molecule has 0 aromatic carbocycles. The fraction of sp³-hybridized carbons (Fsp3) is 0.615. The fourth-order valence-corrected chi connectivity index (χ4v) is 6.36. The highest BCUT2D eigenvalue weighted by molar-refractivity contribution is 7.21. The lowest BCUT2D eigenvalue weighted by Gasteiger charge is -2.27. The minimum absolute atomic E-state index is 0.216. The van der Waals surface area contributed by atoms with Crippen LogP contribution in [0.25, 0.3) is 20.8 Å². The van der Waals surface area contributed by atoms with E-state index in [1.165, 1.54) is 0 Å². The Morgan fingerprint density at radius 2 is 2.06 bits per heavy atom. The van der Waals surface area contributed by atoms with Crippen LogP contribution in [-0.2, 0) is 9.47 Å². The number of rotatable bonds is 8. The lowest BCUT2D eigenvalue weighted by molar-refractivity contribution is -0.00631. The van der Waals surface area contributed by atoms with Gasteiger partial charge in [-0.1, -0.05) is 0 Å². The molecule has 3 atom stereocenters. The summed E-state index contributed by atoms with van der Waals surface area (Å²) in [6.07, 6.45) is 5.50. The number of anilines is 2. The Balaban J connectivity index is 1.48. The Hall–Kier alpha value is -2.40. The zero-order valence-corrected chi connectivity index (χ0v) is 22.5. The van der Waals surface area contributed by atoms with Crippen LogP contribution in [0.5, 0.6) is 0 Å². The molecule has 5 rings (SSSR count). The van der Waals surface area contributed by atoms with E-state index in [-0.39, 0.29) is 17.6 Å². The van der Waals surface area contributed by atoms with E-state index in [2.05, 4.69) is 15.6 Å². The van der Waals surface area contributed by atoms with E-state index < -0.39 is 5.60 Å². The van der Waals surface area contributed by atoms with Gasteiger partial charge < -0.3 is 25.2 Å². The second kappa shape index (κ2) is 9.81. The number of fused-ring (bicyclic) bond motifs is 1. The van der Waals surface area contributed by atoms with Gasteiger partial charge in [0.1, 0.15) is 21.9 Å². The Bertz CT molecular complexity index is 1230. The molecule has 1 aliphatic heterocycles. The molecule has 1 aliphatic carbocycles. The van der Waals surface area contributed by atoms with Gasteiger partial charge in [-0.25, -0.2) is 9.97 Å². The second-order valence-corrected chi connectivity index (χ2v) is 11.7. The van der Waals surface area contributed by atoms with Gasteiger partial charge in [-0.15, -0.1) is 11.3 Å². The van der Waals surface area contributed by atoms with Crippen LogP contribution in [0.3, 0.4) is 0 Å². The lowest BCUT2D eigenvalue weighted by Crippen LogP contribution is -2.40. The number of aryl methyl sites for hydroxylation is 2. The summed E-state index contributed by atoms with van der Waals surface area (Å²) < 4.78 is 12.4. The van der Waals surface area contributed by atoms with Crippen molar-refractivity contribution in [2.75, 3.05) is 37.5 Å². The smallest absolute Gasteiger partial charge is 0.225 e. The van der Waals surface area contributed by atoms with E-state index in [9.17, 15) is 5.11 Å². The van der Waals surface area contributed by atoms with Crippen molar-refractivity contribution in [1.29, 1.82) is 0 Å². The number of aliphatic hydroxyl groups is 1. The van der Waals surface area contributed by atoms with E-state index >= 15 is 0 Å². The molecule has 9 nitrogen and oxygen atoms in total. The summed E-state index contributed by atoms with van der Waals surface area (Å²) in [6.45, 7) is 9.60. The predicted octanol–water partition coefficient (Wildman–Crippen LogP) is 4.33. The number of nitrogens with zero attached hydrogens (tertiary/aromatic N) is 4. The van der Waals surface area contributed by atoms with Crippen molar-refractivity contribution < 1.29 is 14.6 Å². The first-order valence-corrected chi connectivity index (χ1v) is 13.5. The number of hydrogen-bond acceptors (Lipinski definition) is 10. The first-order valence-electron chi connectivity index (χ1n) is 12.6. The third-order valence-corrected chi connectivity index (χ3v) is 8.67. The van der Waals surface area contributed by atoms with E-state index in [0.717, 1.165) is 63.7 Å². The van der Waals surface area contributed by atoms with Gasteiger partial charge in [-0.3, -0.25) is 4.98 Å². The van der Waals surface area contributed by atoms with E-state index in [4.69, 9.17) is 24.4 Å². The number of pyridine rings is 1. The van der Waals surface area contributed by atoms with Crippen molar-refractivity contribution >= 4 is 33.3 Å². The molecule has 1 saturated heterocycles. The molecule has 2 fully saturated rings. The summed E-state index contributed by atoms with van der Waals surface area (Å²) in [4.78, 5) is 19.1. The van der Waals surface area contributed by atoms with Crippen LogP contribution in [0.2, 0.25) is 0 Å². The normalized spacial score (nSPS) is 24.5. The highest BCUT2D eigenvalue weighted by Crippen LogP contribution is 2.40. The van der Waals surface area contributed by atoms with E-state index in [1.54, 1.807) is 18.4 Å². The zero-order valence-electron chi connectivity index (χ0n) is 21.7. The Kier molecular flexibility index (Phi) is 6.88. The van der Waals surface area contributed by atoms with Crippen LogP contribution in [0.4, 0.5) is 11.8 Å². The van der Waals surface area contributed by atoms with E-state index in [1.807, 2.05) is 40.0 Å². The summed E-state index contributed by atoms with van der Waals surface area (Å²) in [5, 5.41) is 18.5. The average Bonchev–Trinajstić information content (AvgIpc) is 3.58. The number of methoxy groups -OCH3 is 1. The molecule has 36 heavy (non-hydrogen) atoms. The number of thiazole rings is 1. The van der Waals surface area contributed by atoms with Crippen molar-refractivity contribution in [3.05, 3.63) is 23.7 Å². The summed E-state index contributed by atoms with van der Waals surface area (Å²) in [5.41, 5.74) is 2.53. The SMILES string of the molecule is CO[C@@]1(CNc2nc(C)c(-c3nc4c(C)nccc4s3)c(N[C@H]3CC[C@@H](C(C)(C)O)C3)n2)CCOC1. The van der Waals surface area contributed by atoms with Crippen LogP contribution in [0.15, 0.2) is 12.3 Å². The van der Waals surface area contributed by atoms with Crippen molar-refractivity contribution in [2.24, 2.45) is 5.92 Å². The van der Waals surface area contributed by atoms with Gasteiger partial charge >= 0.3 is 0 Å². The monoisotopic (exact) mass is 512 g/mol. The van der Waals surface area contributed by atoms with Crippen LogP contribution in [0, 0.1) is 19.8 Å². The van der Waals surface area contributed by atoms with Crippen molar-refractivity contribution in [3.63, 3.8) is 0 Å². The molecule has 0 amide bonds. The molecule has 3 aromatic heterocycles. The van der Waals surface area contributed by atoms with Gasteiger partial charge in [0.05, 0.1) is 33.9 Å². The quantitative estimate of drug-likeness (QED) is 0.406. The molecule has 10 heteroatoms. The molecule has 0 bridgehead atoms. The molecule has 0 spiro atoms. The summed E-state index contributed by atoms with van der Waals surface area (Å²) in [7, 11) is 1.72. The zero-order chi connectivity index (χ0) is 25.5. The van der Waals surface area contributed by atoms with Crippen LogP contribution in [0.1, 0.15) is 50.9 Å². The summed E-state index contributed by atoms with van der Waals surface area (Å²) in [6, 6.07) is 2.22. The van der Waals surface area contributed by atoms with Crippen LogP contribution in [-0.4, -0.2) is 69.2 Å². The van der Waals surface area contributed by atoms with Gasteiger partial charge in [-0.2, -0.15) is 4.98 Å². The maximum absolute atomic E-state index is 10.6. The molecular weight excluding hydrogens is 476 g/mol. The van der Waals surface area contributed by atoms with Gasteiger partial charge in [-0.05, 0) is 58.9 Å². The van der Waals surface area contributed by atoms with Crippen molar-refractivity contribution in [1.82, 2.24) is 19.9 Å². The molecule has 4 heterocycles. The largest absolute Gasteiger partial charge is 0.390 e. The van der Waals surface area contributed by atoms with Crippen molar-refractivity contribution in [2.45, 2.75) is 70.6 Å².